The second-order valence-electron chi connectivity index (χ2n) is 4.63. The third kappa shape index (κ3) is 2.94. The van der Waals surface area contributed by atoms with Crippen molar-refractivity contribution in [3.05, 3.63) is 35.4 Å². The van der Waals surface area contributed by atoms with E-state index in [1.807, 2.05) is 0 Å². The maximum Gasteiger partial charge on any atom is 0.134 e. The maximum absolute atomic E-state index is 5.68. The van der Waals surface area contributed by atoms with Gasteiger partial charge in [0.2, 0.25) is 0 Å². The van der Waals surface area contributed by atoms with Gasteiger partial charge >= 0.3 is 0 Å². The average molecular weight is 228 g/mol. The van der Waals surface area contributed by atoms with Gasteiger partial charge in [0.05, 0.1) is 6.61 Å². The molecule has 0 bridgehead atoms. The molecular weight excluding hydrogens is 210 g/mol. The molecule has 1 aromatic rings. The summed E-state index contributed by atoms with van der Waals surface area (Å²) in [6.07, 6.45) is 0.0607. The van der Waals surface area contributed by atoms with Crippen molar-refractivity contribution in [3.63, 3.8) is 0 Å². The molecule has 0 aromatic heterocycles. The lowest BCUT2D eigenvalue weighted by molar-refractivity contribution is 0.0989. The number of ether oxygens (including phenoxy) is 1. The zero-order valence-electron chi connectivity index (χ0n) is 9.41. The van der Waals surface area contributed by atoms with Crippen LogP contribution in [0.3, 0.4) is 0 Å². The molecule has 1 aliphatic rings. The van der Waals surface area contributed by atoms with E-state index < -0.39 is 0 Å². The van der Waals surface area contributed by atoms with Gasteiger partial charge in [-0.1, -0.05) is 29.8 Å². The molecule has 1 heterocycles. The van der Waals surface area contributed by atoms with E-state index in [1.54, 1.807) is 0 Å². The number of hydrogen-bond donors (Lipinski definition) is 1. The maximum atomic E-state index is 5.68. The molecule has 0 saturated carbocycles. The molecule has 0 radical (unpaired) electrons. The molecule has 1 aromatic carbocycles. The lowest BCUT2D eigenvalue weighted by Crippen LogP contribution is -2.35. The van der Waals surface area contributed by atoms with Crippen LogP contribution in [0.2, 0.25) is 0 Å². The van der Waals surface area contributed by atoms with Crippen LogP contribution in [-0.4, -0.2) is 12.1 Å². The molecule has 2 nitrogen and oxygen atoms in total. The van der Waals surface area contributed by atoms with Crippen LogP contribution in [0.1, 0.15) is 31.2 Å². The first-order valence-electron chi connectivity index (χ1n) is 5.03. The fourth-order valence-electron chi connectivity index (χ4n) is 1.65. The van der Waals surface area contributed by atoms with Crippen molar-refractivity contribution >= 4 is 12.4 Å². The molecule has 0 amide bonds. The molecule has 2 rings (SSSR count). The first-order chi connectivity index (χ1) is 6.57. The standard InChI is InChI=1S/C12H17NO.ClH/c1-9-4-6-10(7-5-9)11-13-12(2,3)8-14-11;/h4-7,11,13H,8H2,1-3H3;1H. The van der Waals surface area contributed by atoms with E-state index in [9.17, 15) is 0 Å². The van der Waals surface area contributed by atoms with E-state index in [2.05, 4.69) is 50.4 Å². The number of hydrogen-bond acceptors (Lipinski definition) is 2. The van der Waals surface area contributed by atoms with Crippen molar-refractivity contribution in [2.45, 2.75) is 32.5 Å². The molecule has 3 heteroatoms. The summed E-state index contributed by atoms with van der Waals surface area (Å²) in [6.45, 7) is 7.17. The quantitative estimate of drug-likeness (QED) is 0.797. The van der Waals surface area contributed by atoms with Crippen molar-refractivity contribution in [1.82, 2.24) is 5.32 Å². The van der Waals surface area contributed by atoms with E-state index in [-0.39, 0.29) is 24.2 Å². The summed E-state index contributed by atoms with van der Waals surface area (Å²) >= 11 is 0. The monoisotopic (exact) mass is 227 g/mol. The number of nitrogens with one attached hydrogen (secondary N) is 1. The molecule has 1 N–H and O–H groups in total. The summed E-state index contributed by atoms with van der Waals surface area (Å²) in [6, 6.07) is 8.47. The summed E-state index contributed by atoms with van der Waals surface area (Å²) in [5.74, 6) is 0. The molecule has 0 aliphatic carbocycles. The zero-order valence-corrected chi connectivity index (χ0v) is 10.2. The largest absolute Gasteiger partial charge is 0.357 e. The first kappa shape index (κ1) is 12.5. The Kier molecular flexibility index (Phi) is 3.77. The Hall–Kier alpha value is -0.570. The molecule has 1 saturated heterocycles. The van der Waals surface area contributed by atoms with Gasteiger partial charge in [-0.25, -0.2) is 0 Å². The Balaban J connectivity index is 0.00000112. The van der Waals surface area contributed by atoms with Gasteiger partial charge in [0.1, 0.15) is 6.23 Å². The Morgan fingerprint density at radius 1 is 1.27 bits per heavy atom. The second kappa shape index (κ2) is 4.52. The van der Waals surface area contributed by atoms with Gasteiger partial charge in [-0.3, -0.25) is 5.32 Å². The van der Waals surface area contributed by atoms with Crippen molar-refractivity contribution in [2.75, 3.05) is 6.61 Å². The van der Waals surface area contributed by atoms with Crippen LogP contribution in [-0.2, 0) is 4.74 Å². The zero-order chi connectivity index (χ0) is 10.2. The highest BCUT2D eigenvalue weighted by Crippen LogP contribution is 2.25. The minimum absolute atomic E-state index is 0. The Morgan fingerprint density at radius 3 is 2.33 bits per heavy atom. The van der Waals surface area contributed by atoms with Crippen LogP contribution in [0, 0.1) is 6.92 Å². The van der Waals surface area contributed by atoms with Crippen molar-refractivity contribution in [3.8, 4) is 0 Å². The number of benzene rings is 1. The SMILES string of the molecule is Cc1ccc(C2NC(C)(C)CO2)cc1.Cl. The summed E-state index contributed by atoms with van der Waals surface area (Å²) < 4.78 is 5.68. The van der Waals surface area contributed by atoms with Gasteiger partial charge in [-0.05, 0) is 26.3 Å². The number of halogens is 1. The number of aryl methyl sites for hydroxylation is 1. The van der Waals surface area contributed by atoms with Crippen molar-refractivity contribution in [1.29, 1.82) is 0 Å². The average Bonchev–Trinajstić information content (AvgIpc) is 2.47. The van der Waals surface area contributed by atoms with E-state index in [4.69, 9.17) is 4.74 Å². The molecule has 1 unspecified atom stereocenters. The van der Waals surface area contributed by atoms with Crippen LogP contribution < -0.4 is 5.32 Å². The summed E-state index contributed by atoms with van der Waals surface area (Å²) in [7, 11) is 0. The molecule has 15 heavy (non-hydrogen) atoms. The third-order valence-corrected chi connectivity index (χ3v) is 2.51. The molecule has 84 valence electrons. The minimum Gasteiger partial charge on any atom is -0.357 e. The minimum atomic E-state index is 0. The lowest BCUT2D eigenvalue weighted by atomic mass is 10.1. The van der Waals surface area contributed by atoms with E-state index in [0.717, 1.165) is 6.61 Å². The van der Waals surface area contributed by atoms with E-state index in [1.165, 1.54) is 11.1 Å². The predicted molar refractivity (Wildman–Crippen MR) is 64.3 cm³/mol. The molecule has 1 aliphatic heterocycles. The van der Waals surface area contributed by atoms with Crippen molar-refractivity contribution < 1.29 is 4.74 Å². The number of rotatable bonds is 1. The fourth-order valence-corrected chi connectivity index (χ4v) is 1.65. The predicted octanol–water partition coefficient (Wildman–Crippen LogP) is 2.81. The first-order valence-corrected chi connectivity index (χ1v) is 5.03. The van der Waals surface area contributed by atoms with Crippen LogP contribution in [0.15, 0.2) is 24.3 Å². The topological polar surface area (TPSA) is 21.3 Å². The van der Waals surface area contributed by atoms with E-state index in [0.29, 0.717) is 0 Å². The summed E-state index contributed by atoms with van der Waals surface area (Å²) in [4.78, 5) is 0. The third-order valence-electron chi connectivity index (χ3n) is 2.51. The smallest absolute Gasteiger partial charge is 0.134 e. The summed E-state index contributed by atoms with van der Waals surface area (Å²) in [5, 5.41) is 3.44. The highest BCUT2D eigenvalue weighted by Gasteiger charge is 2.31. The molecule has 0 spiro atoms. The van der Waals surface area contributed by atoms with Crippen molar-refractivity contribution in [2.24, 2.45) is 0 Å². The van der Waals surface area contributed by atoms with Gasteiger partial charge < -0.3 is 4.74 Å². The normalized spacial score (nSPS) is 23.5. The molecule has 1 atom stereocenters. The highest BCUT2D eigenvalue weighted by atomic mass is 35.5. The Labute approximate surface area is 97.4 Å². The second-order valence-corrected chi connectivity index (χ2v) is 4.63. The highest BCUT2D eigenvalue weighted by molar-refractivity contribution is 5.85. The fraction of sp³-hybridized carbons (Fsp3) is 0.500. The molecular formula is C12H18ClNO. The van der Waals surface area contributed by atoms with Crippen LogP contribution >= 0.6 is 12.4 Å². The van der Waals surface area contributed by atoms with Crippen LogP contribution in [0.25, 0.3) is 0 Å². The lowest BCUT2D eigenvalue weighted by Gasteiger charge is -2.17. The van der Waals surface area contributed by atoms with Gasteiger partial charge in [0, 0.05) is 5.54 Å². The van der Waals surface area contributed by atoms with Gasteiger partial charge in [0.25, 0.3) is 0 Å². The Morgan fingerprint density at radius 2 is 1.87 bits per heavy atom. The van der Waals surface area contributed by atoms with Gasteiger partial charge in [-0.15, -0.1) is 12.4 Å². The van der Waals surface area contributed by atoms with Gasteiger partial charge in [0.15, 0.2) is 0 Å². The van der Waals surface area contributed by atoms with Crippen LogP contribution in [0.4, 0.5) is 0 Å². The van der Waals surface area contributed by atoms with Crippen LogP contribution in [0.5, 0.6) is 0 Å². The van der Waals surface area contributed by atoms with Gasteiger partial charge in [-0.2, -0.15) is 0 Å². The van der Waals surface area contributed by atoms with E-state index >= 15 is 0 Å². The molecule has 1 fully saturated rings. The summed E-state index contributed by atoms with van der Waals surface area (Å²) in [5.41, 5.74) is 2.59. The Bertz CT molecular complexity index is 321.